The maximum Gasteiger partial charge on any atom is 0.0462 e. The molecule has 7 aromatic carbocycles. The molecule has 0 spiro atoms. The first-order valence-corrected chi connectivity index (χ1v) is 16.7. The lowest BCUT2D eigenvalue weighted by Gasteiger charge is -2.25. The Bertz CT molecular complexity index is 2000. The number of nitrogens with zero attached hydrogens (tertiary/aromatic N) is 1. The zero-order valence-corrected chi connectivity index (χ0v) is 27.5. The van der Waals surface area contributed by atoms with E-state index in [9.17, 15) is 0 Å². The molecule has 1 nitrogen and oxygen atoms in total. The van der Waals surface area contributed by atoms with E-state index in [-0.39, 0.29) is 0 Å². The van der Waals surface area contributed by atoms with E-state index < -0.39 is 0 Å². The van der Waals surface area contributed by atoms with Gasteiger partial charge in [-0.3, -0.25) is 0 Å². The molecule has 0 radical (unpaired) electrons. The number of rotatable bonds is 9. The van der Waals surface area contributed by atoms with E-state index in [2.05, 4.69) is 213 Å². The van der Waals surface area contributed by atoms with E-state index in [1.54, 1.807) is 0 Å². The number of anilines is 3. The molecule has 0 saturated carbocycles. The predicted octanol–water partition coefficient (Wildman–Crippen LogP) is 13.0. The van der Waals surface area contributed by atoms with Gasteiger partial charge in [-0.1, -0.05) is 172 Å². The summed E-state index contributed by atoms with van der Waals surface area (Å²) in [6, 6.07) is 69.7. The third kappa shape index (κ3) is 6.63. The quantitative estimate of drug-likeness (QED) is 0.146. The van der Waals surface area contributed by atoms with E-state index >= 15 is 0 Å². The second-order valence-corrected chi connectivity index (χ2v) is 12.4. The summed E-state index contributed by atoms with van der Waals surface area (Å²) >= 11 is 0. The van der Waals surface area contributed by atoms with Crippen LogP contribution in [0.5, 0.6) is 0 Å². The molecule has 0 fully saturated rings. The first-order chi connectivity index (χ1) is 23.7. The van der Waals surface area contributed by atoms with Crippen molar-refractivity contribution in [2.75, 3.05) is 4.90 Å². The van der Waals surface area contributed by atoms with E-state index in [0.717, 1.165) is 17.1 Å². The number of hydrogen-bond acceptors (Lipinski definition) is 1. The Labute approximate surface area is 285 Å². The Morgan fingerprint density at radius 3 is 1.04 bits per heavy atom. The molecule has 0 aromatic heterocycles. The standard InChI is InChI=1S/C47H39N/c1-35(2)36-23-27-41(28-24-36)47(46(39-15-7-3-8-16-39)40-17-9-4-10-18-40)42-29-25-37(26-30-42)38-31-33-45(34-32-38)48(43-19-11-5-12-20-43)44-21-13-6-14-22-44/h3-35H,1-2H3. The summed E-state index contributed by atoms with van der Waals surface area (Å²) < 4.78 is 0. The van der Waals surface area contributed by atoms with Crippen LogP contribution in [0.1, 0.15) is 47.6 Å². The summed E-state index contributed by atoms with van der Waals surface area (Å²) in [5, 5.41) is 0. The van der Waals surface area contributed by atoms with Gasteiger partial charge in [-0.25, -0.2) is 0 Å². The van der Waals surface area contributed by atoms with Crippen molar-refractivity contribution in [1.82, 2.24) is 0 Å². The Balaban J connectivity index is 1.30. The second kappa shape index (κ2) is 14.2. The Morgan fingerprint density at radius 2 is 0.646 bits per heavy atom. The van der Waals surface area contributed by atoms with Crippen LogP contribution in [0.2, 0.25) is 0 Å². The zero-order valence-electron chi connectivity index (χ0n) is 27.5. The minimum atomic E-state index is 0.479. The molecule has 232 valence electrons. The lowest BCUT2D eigenvalue weighted by Crippen LogP contribution is -2.09. The fraction of sp³-hybridized carbons (Fsp3) is 0.0638. The van der Waals surface area contributed by atoms with Gasteiger partial charge in [-0.15, -0.1) is 0 Å². The average Bonchev–Trinajstić information content (AvgIpc) is 3.16. The van der Waals surface area contributed by atoms with Gasteiger partial charge < -0.3 is 4.90 Å². The van der Waals surface area contributed by atoms with Crippen LogP contribution >= 0.6 is 0 Å². The first kappa shape index (κ1) is 30.7. The molecule has 0 saturated heterocycles. The van der Waals surface area contributed by atoms with Crippen LogP contribution in [0.25, 0.3) is 22.3 Å². The largest absolute Gasteiger partial charge is 0.311 e. The summed E-state index contributed by atoms with van der Waals surface area (Å²) in [5.74, 6) is 0.479. The molecule has 48 heavy (non-hydrogen) atoms. The molecule has 0 aliphatic rings. The summed E-state index contributed by atoms with van der Waals surface area (Å²) in [6.07, 6.45) is 0. The van der Waals surface area contributed by atoms with E-state index in [1.807, 2.05) is 0 Å². The van der Waals surface area contributed by atoms with Crippen molar-refractivity contribution in [3.8, 4) is 11.1 Å². The van der Waals surface area contributed by atoms with Crippen LogP contribution in [0.15, 0.2) is 194 Å². The van der Waals surface area contributed by atoms with E-state index in [4.69, 9.17) is 0 Å². The molecule has 0 bridgehead atoms. The van der Waals surface area contributed by atoms with Gasteiger partial charge in [0.25, 0.3) is 0 Å². The van der Waals surface area contributed by atoms with Gasteiger partial charge in [0.2, 0.25) is 0 Å². The van der Waals surface area contributed by atoms with Gasteiger partial charge >= 0.3 is 0 Å². The summed E-state index contributed by atoms with van der Waals surface area (Å²) in [7, 11) is 0. The van der Waals surface area contributed by atoms with E-state index in [0.29, 0.717) is 5.92 Å². The van der Waals surface area contributed by atoms with Crippen molar-refractivity contribution >= 4 is 28.2 Å². The SMILES string of the molecule is CC(C)c1ccc(C(=C(c2ccccc2)c2ccccc2)c2ccc(-c3ccc(N(c4ccccc4)c4ccccc4)cc3)cc2)cc1. The lowest BCUT2D eigenvalue weighted by atomic mass is 9.85. The van der Waals surface area contributed by atoms with Crippen LogP contribution in [0.4, 0.5) is 17.1 Å². The highest BCUT2D eigenvalue weighted by atomic mass is 15.1. The van der Waals surface area contributed by atoms with Crippen LogP contribution in [0, 0.1) is 0 Å². The van der Waals surface area contributed by atoms with E-state index in [1.165, 1.54) is 50.1 Å². The second-order valence-electron chi connectivity index (χ2n) is 12.4. The van der Waals surface area contributed by atoms with Crippen molar-refractivity contribution in [1.29, 1.82) is 0 Å². The van der Waals surface area contributed by atoms with Gasteiger partial charge in [-0.05, 0) is 92.4 Å². The fourth-order valence-electron chi connectivity index (χ4n) is 6.39. The topological polar surface area (TPSA) is 3.24 Å². The van der Waals surface area contributed by atoms with Gasteiger partial charge in [0, 0.05) is 17.1 Å². The van der Waals surface area contributed by atoms with Gasteiger partial charge in [0.15, 0.2) is 0 Å². The predicted molar refractivity (Wildman–Crippen MR) is 205 cm³/mol. The molecule has 0 aliphatic carbocycles. The molecule has 0 N–H and O–H groups in total. The fourth-order valence-corrected chi connectivity index (χ4v) is 6.39. The minimum absolute atomic E-state index is 0.479. The number of benzene rings is 7. The van der Waals surface area contributed by atoms with Gasteiger partial charge in [-0.2, -0.15) is 0 Å². The zero-order chi connectivity index (χ0) is 32.7. The van der Waals surface area contributed by atoms with Gasteiger partial charge in [0.05, 0.1) is 0 Å². The van der Waals surface area contributed by atoms with Crippen molar-refractivity contribution in [2.24, 2.45) is 0 Å². The monoisotopic (exact) mass is 617 g/mol. The third-order valence-corrected chi connectivity index (χ3v) is 8.90. The molecule has 0 aliphatic heterocycles. The average molecular weight is 618 g/mol. The molecule has 7 aromatic rings. The third-order valence-electron chi connectivity index (χ3n) is 8.90. The molecule has 0 amide bonds. The molecule has 0 heterocycles. The van der Waals surface area contributed by atoms with Crippen molar-refractivity contribution in [2.45, 2.75) is 19.8 Å². The Kier molecular flexibility index (Phi) is 9.11. The molecule has 7 rings (SSSR count). The van der Waals surface area contributed by atoms with Crippen molar-refractivity contribution in [3.05, 3.63) is 222 Å². The number of para-hydroxylation sites is 2. The lowest BCUT2D eigenvalue weighted by molar-refractivity contribution is 0.866. The van der Waals surface area contributed by atoms with Gasteiger partial charge in [0.1, 0.15) is 0 Å². The summed E-state index contributed by atoms with van der Waals surface area (Å²) in [5.41, 5.74) is 14.4. The Morgan fingerprint density at radius 1 is 0.333 bits per heavy atom. The Hall–Kier alpha value is -5.92. The maximum atomic E-state index is 2.29. The van der Waals surface area contributed by atoms with Crippen LogP contribution in [-0.2, 0) is 0 Å². The first-order valence-electron chi connectivity index (χ1n) is 16.7. The molecular formula is C47H39N. The van der Waals surface area contributed by atoms with Crippen LogP contribution in [0.3, 0.4) is 0 Å². The normalized spacial score (nSPS) is 10.9. The highest BCUT2D eigenvalue weighted by molar-refractivity contribution is 6.04. The molecular weight excluding hydrogens is 579 g/mol. The van der Waals surface area contributed by atoms with Crippen molar-refractivity contribution < 1.29 is 0 Å². The number of hydrogen-bond donors (Lipinski definition) is 0. The molecule has 1 heteroatoms. The highest BCUT2D eigenvalue weighted by Crippen LogP contribution is 2.39. The van der Waals surface area contributed by atoms with Crippen LogP contribution < -0.4 is 4.90 Å². The molecule has 0 unspecified atom stereocenters. The minimum Gasteiger partial charge on any atom is -0.311 e. The smallest absolute Gasteiger partial charge is 0.0462 e. The maximum absolute atomic E-state index is 2.29. The summed E-state index contributed by atoms with van der Waals surface area (Å²) in [6.45, 7) is 4.49. The molecule has 0 atom stereocenters. The van der Waals surface area contributed by atoms with Crippen molar-refractivity contribution in [3.63, 3.8) is 0 Å². The summed E-state index contributed by atoms with van der Waals surface area (Å²) in [4.78, 5) is 2.29. The van der Waals surface area contributed by atoms with Crippen LogP contribution in [-0.4, -0.2) is 0 Å². The highest BCUT2D eigenvalue weighted by Gasteiger charge is 2.17.